The summed E-state index contributed by atoms with van der Waals surface area (Å²) >= 11 is 1.54. The van der Waals surface area contributed by atoms with Crippen LogP contribution in [0.15, 0.2) is 46.7 Å². The highest BCUT2D eigenvalue weighted by Crippen LogP contribution is 2.37. The number of carbonyl (C=O) groups excluding carboxylic acids is 2. The molecule has 0 aliphatic carbocycles. The van der Waals surface area contributed by atoms with Gasteiger partial charge in [0.25, 0.3) is 11.7 Å². The van der Waals surface area contributed by atoms with Crippen molar-refractivity contribution in [2.75, 3.05) is 18.4 Å². The van der Waals surface area contributed by atoms with Gasteiger partial charge in [0.1, 0.15) is 10.6 Å². The van der Waals surface area contributed by atoms with E-state index in [2.05, 4.69) is 10.3 Å². The first-order chi connectivity index (χ1) is 15.6. The molecule has 0 radical (unpaired) electrons. The summed E-state index contributed by atoms with van der Waals surface area (Å²) in [5, 5.41) is 3.85. The smallest absolute Gasteiger partial charge is 0.298 e. The van der Waals surface area contributed by atoms with Gasteiger partial charge in [0.2, 0.25) is 10.0 Å². The van der Waals surface area contributed by atoms with Crippen LogP contribution < -0.4 is 5.32 Å². The summed E-state index contributed by atoms with van der Waals surface area (Å²) in [7, 11) is -3.64. The fourth-order valence-electron chi connectivity index (χ4n) is 3.26. The van der Waals surface area contributed by atoms with Gasteiger partial charge in [-0.15, -0.1) is 11.3 Å². The summed E-state index contributed by atoms with van der Waals surface area (Å²) in [5.74, 6) is -2.74. The SMILES string of the molecule is O=C(Nc1nc(-c2cccs2)c(C(=O)C(F)(F)F)s1)c1ccc(S(=O)(=O)N2CCCC2)cc1. The molecule has 1 aromatic carbocycles. The Morgan fingerprint density at radius 3 is 2.30 bits per heavy atom. The number of hydrogen-bond acceptors (Lipinski definition) is 7. The molecule has 1 N–H and O–H groups in total. The lowest BCUT2D eigenvalue weighted by molar-refractivity contribution is -0.0882. The molecule has 1 fully saturated rings. The van der Waals surface area contributed by atoms with Gasteiger partial charge in [-0.2, -0.15) is 17.5 Å². The van der Waals surface area contributed by atoms with Gasteiger partial charge in [-0.1, -0.05) is 17.4 Å². The zero-order valence-corrected chi connectivity index (χ0v) is 19.2. The van der Waals surface area contributed by atoms with Crippen LogP contribution in [-0.2, 0) is 10.0 Å². The molecule has 4 rings (SSSR count). The van der Waals surface area contributed by atoms with Gasteiger partial charge >= 0.3 is 6.18 Å². The Kier molecular flexibility index (Phi) is 6.40. The maximum absolute atomic E-state index is 13.0. The van der Waals surface area contributed by atoms with Gasteiger partial charge in [-0.3, -0.25) is 14.9 Å². The first-order valence-corrected chi connectivity index (χ1v) is 12.8. The van der Waals surface area contributed by atoms with E-state index >= 15 is 0 Å². The summed E-state index contributed by atoms with van der Waals surface area (Å²) in [6.45, 7) is 0.889. The molecule has 7 nitrogen and oxygen atoms in total. The molecule has 0 unspecified atom stereocenters. The van der Waals surface area contributed by atoms with Crippen LogP contribution >= 0.6 is 22.7 Å². The zero-order chi connectivity index (χ0) is 23.8. The molecule has 3 heterocycles. The number of thiazole rings is 1. The standard InChI is InChI=1S/C20H16F3N3O4S3/c21-20(22,23)17(27)16-15(14-4-3-11-31-14)24-19(32-16)25-18(28)12-5-7-13(8-6-12)33(29,30)26-9-1-2-10-26/h3-8,11H,1-2,9-10H2,(H,24,25,28). The average molecular weight is 516 g/mol. The summed E-state index contributed by atoms with van der Waals surface area (Å²) in [4.78, 5) is 28.3. The third-order valence-electron chi connectivity index (χ3n) is 4.89. The number of amides is 1. The molecule has 1 aliphatic rings. The van der Waals surface area contributed by atoms with Crippen molar-refractivity contribution in [3.8, 4) is 10.6 Å². The van der Waals surface area contributed by atoms with Gasteiger partial charge in [-0.25, -0.2) is 13.4 Å². The lowest BCUT2D eigenvalue weighted by Gasteiger charge is -2.15. The van der Waals surface area contributed by atoms with E-state index in [1.165, 1.54) is 34.6 Å². The Morgan fingerprint density at radius 1 is 1.06 bits per heavy atom. The molecule has 1 aliphatic heterocycles. The van der Waals surface area contributed by atoms with Crippen molar-refractivity contribution in [1.82, 2.24) is 9.29 Å². The monoisotopic (exact) mass is 515 g/mol. The van der Waals surface area contributed by atoms with Crippen molar-refractivity contribution in [2.24, 2.45) is 0 Å². The highest BCUT2D eigenvalue weighted by Gasteiger charge is 2.42. The van der Waals surface area contributed by atoms with Crippen molar-refractivity contribution >= 4 is 49.5 Å². The maximum Gasteiger partial charge on any atom is 0.455 e. The topological polar surface area (TPSA) is 96.4 Å². The number of halogens is 3. The lowest BCUT2D eigenvalue weighted by Crippen LogP contribution is -2.27. The van der Waals surface area contributed by atoms with E-state index in [0.29, 0.717) is 29.3 Å². The van der Waals surface area contributed by atoms with Gasteiger partial charge in [0.05, 0.1) is 9.77 Å². The van der Waals surface area contributed by atoms with Gasteiger partial charge < -0.3 is 0 Å². The van der Waals surface area contributed by atoms with E-state index in [1.807, 2.05) is 0 Å². The number of rotatable bonds is 6. The summed E-state index contributed by atoms with van der Waals surface area (Å²) in [6, 6.07) is 8.37. The minimum Gasteiger partial charge on any atom is -0.298 e. The lowest BCUT2D eigenvalue weighted by atomic mass is 10.2. The normalized spacial score (nSPS) is 15.0. The first kappa shape index (κ1) is 23.5. The Bertz CT molecular complexity index is 1280. The quantitative estimate of drug-likeness (QED) is 0.482. The van der Waals surface area contributed by atoms with Gasteiger partial charge in [0.15, 0.2) is 5.13 Å². The predicted octanol–water partition coefficient (Wildman–Crippen LogP) is 4.65. The molecule has 0 bridgehead atoms. The van der Waals surface area contributed by atoms with E-state index in [1.54, 1.807) is 11.4 Å². The molecule has 2 aromatic heterocycles. The molecule has 0 atom stereocenters. The van der Waals surface area contributed by atoms with Gasteiger partial charge in [-0.05, 0) is 48.6 Å². The third-order valence-corrected chi connectivity index (χ3v) is 8.64. The second kappa shape index (κ2) is 8.97. The van der Waals surface area contributed by atoms with Crippen LogP contribution in [0.3, 0.4) is 0 Å². The van der Waals surface area contributed by atoms with Crippen molar-refractivity contribution in [1.29, 1.82) is 0 Å². The van der Waals surface area contributed by atoms with Gasteiger partial charge in [0, 0.05) is 18.7 Å². The number of benzene rings is 1. The molecule has 174 valence electrons. The number of ketones is 1. The van der Waals surface area contributed by atoms with Crippen molar-refractivity contribution in [3.05, 3.63) is 52.2 Å². The summed E-state index contributed by atoms with van der Waals surface area (Å²) in [5.41, 5.74) is -0.0633. The van der Waals surface area contributed by atoms with E-state index in [-0.39, 0.29) is 21.3 Å². The fourth-order valence-corrected chi connectivity index (χ4v) is 6.50. The van der Waals surface area contributed by atoms with Crippen LogP contribution in [0.25, 0.3) is 10.6 Å². The number of alkyl halides is 3. The zero-order valence-electron chi connectivity index (χ0n) is 16.8. The Morgan fingerprint density at radius 2 is 1.73 bits per heavy atom. The molecule has 13 heteroatoms. The van der Waals surface area contributed by atoms with Crippen molar-refractivity contribution < 1.29 is 31.2 Å². The molecular weight excluding hydrogens is 499 g/mol. The van der Waals surface area contributed by atoms with Crippen molar-refractivity contribution in [3.63, 3.8) is 0 Å². The van der Waals surface area contributed by atoms with Crippen LogP contribution in [0.1, 0.15) is 32.9 Å². The molecule has 0 spiro atoms. The van der Waals surface area contributed by atoms with E-state index in [0.717, 1.165) is 24.2 Å². The first-order valence-electron chi connectivity index (χ1n) is 9.65. The van der Waals surface area contributed by atoms with Crippen LogP contribution in [0.5, 0.6) is 0 Å². The predicted molar refractivity (Wildman–Crippen MR) is 118 cm³/mol. The number of aromatic nitrogens is 1. The third kappa shape index (κ3) is 4.86. The van der Waals surface area contributed by atoms with Crippen LogP contribution in [0.4, 0.5) is 18.3 Å². The number of nitrogens with zero attached hydrogens (tertiary/aromatic N) is 2. The molecule has 0 saturated carbocycles. The maximum atomic E-state index is 13.0. The number of carbonyl (C=O) groups is 2. The molecular formula is C20H16F3N3O4S3. The van der Waals surface area contributed by atoms with E-state index < -0.39 is 32.8 Å². The number of hydrogen-bond donors (Lipinski definition) is 1. The highest BCUT2D eigenvalue weighted by atomic mass is 32.2. The minimum absolute atomic E-state index is 0.0493. The van der Waals surface area contributed by atoms with Crippen LogP contribution in [-0.4, -0.2) is 48.7 Å². The van der Waals surface area contributed by atoms with E-state index in [4.69, 9.17) is 0 Å². The number of thiophene rings is 1. The Hall–Kier alpha value is -2.61. The Labute approximate surface area is 194 Å². The largest absolute Gasteiger partial charge is 0.455 e. The van der Waals surface area contributed by atoms with Crippen LogP contribution in [0, 0.1) is 0 Å². The molecule has 1 amide bonds. The second-order valence-corrected chi connectivity index (χ2v) is 11.0. The number of anilines is 1. The molecule has 33 heavy (non-hydrogen) atoms. The summed E-state index contributed by atoms with van der Waals surface area (Å²) in [6.07, 6.45) is -3.50. The van der Waals surface area contributed by atoms with Crippen molar-refractivity contribution in [2.45, 2.75) is 23.9 Å². The number of sulfonamides is 1. The van der Waals surface area contributed by atoms with E-state index in [9.17, 15) is 31.2 Å². The summed E-state index contributed by atoms with van der Waals surface area (Å²) < 4.78 is 65.7. The number of Topliss-reactive ketones (excluding diaryl/α,β-unsaturated/α-hetero) is 1. The molecule has 3 aromatic rings. The Balaban J connectivity index is 1.57. The second-order valence-electron chi connectivity index (χ2n) is 7.09. The minimum atomic E-state index is -5.09. The number of nitrogens with one attached hydrogen (secondary N) is 1. The van der Waals surface area contributed by atoms with Crippen LogP contribution in [0.2, 0.25) is 0 Å². The fraction of sp³-hybridized carbons (Fsp3) is 0.250. The molecule has 1 saturated heterocycles. The average Bonchev–Trinajstić information content (AvgIpc) is 3.54. The highest BCUT2D eigenvalue weighted by molar-refractivity contribution is 7.89.